The first-order chi connectivity index (χ1) is 24.3. The van der Waals surface area contributed by atoms with E-state index < -0.39 is 0 Å². The molecule has 5 aliphatic carbocycles. The van der Waals surface area contributed by atoms with Gasteiger partial charge in [-0.2, -0.15) is 0 Å². The van der Waals surface area contributed by atoms with E-state index in [1.54, 1.807) is 11.1 Å². The highest BCUT2D eigenvalue weighted by Crippen LogP contribution is 2.84. The van der Waals surface area contributed by atoms with Gasteiger partial charge in [-0.15, -0.1) is 0 Å². The summed E-state index contributed by atoms with van der Waals surface area (Å²) in [4.78, 5) is 2.61. The first kappa shape index (κ1) is 26.8. The molecule has 0 radical (unpaired) electrons. The molecule has 0 amide bonds. The summed E-state index contributed by atoms with van der Waals surface area (Å²) >= 11 is 0. The van der Waals surface area contributed by atoms with Gasteiger partial charge >= 0.3 is 0 Å². The predicted octanol–water partition coefficient (Wildman–Crippen LogP) is 12.0. The van der Waals surface area contributed by atoms with Gasteiger partial charge in [0.1, 0.15) is 0 Å². The summed E-state index contributed by atoms with van der Waals surface area (Å²) in [7, 11) is 0. The molecule has 1 heterocycles. The molecular weight excluding hydrogens is 593 g/mol. The van der Waals surface area contributed by atoms with Crippen molar-refractivity contribution >= 4 is 38.9 Å². The van der Waals surface area contributed by atoms with Crippen LogP contribution in [0, 0.1) is 29.1 Å². The van der Waals surface area contributed by atoms with Crippen LogP contribution in [0.1, 0.15) is 43.2 Å². The largest absolute Gasteiger partial charge is 0.310 e. The lowest BCUT2D eigenvalue weighted by Crippen LogP contribution is -2.50. The Bertz CT molecular complexity index is 2480. The molecule has 5 aliphatic rings. The second-order valence-corrected chi connectivity index (χ2v) is 15.8. The van der Waals surface area contributed by atoms with Crippen molar-refractivity contribution in [1.29, 1.82) is 0 Å². The summed E-state index contributed by atoms with van der Waals surface area (Å²) in [5.41, 5.74) is 14.4. The monoisotopic (exact) mass is 630 g/mol. The van der Waals surface area contributed by atoms with Crippen molar-refractivity contribution in [3.8, 4) is 16.8 Å². The van der Waals surface area contributed by atoms with Gasteiger partial charge in [0.05, 0.1) is 16.7 Å². The smallest absolute Gasteiger partial charge is 0.0542 e. The number of hydrogen-bond acceptors (Lipinski definition) is 1. The quantitative estimate of drug-likeness (QED) is 0.188. The second kappa shape index (κ2) is 9.33. The van der Waals surface area contributed by atoms with Gasteiger partial charge < -0.3 is 9.47 Å². The van der Waals surface area contributed by atoms with Crippen molar-refractivity contribution < 1.29 is 0 Å². The van der Waals surface area contributed by atoms with Gasteiger partial charge in [0.2, 0.25) is 0 Å². The van der Waals surface area contributed by atoms with E-state index in [0.717, 1.165) is 23.7 Å². The Morgan fingerprint density at radius 2 is 1.29 bits per heavy atom. The van der Waals surface area contributed by atoms with Crippen LogP contribution in [-0.4, -0.2) is 4.57 Å². The summed E-state index contributed by atoms with van der Waals surface area (Å²) in [5.74, 6) is 3.34. The van der Waals surface area contributed by atoms with E-state index in [0.29, 0.717) is 5.41 Å². The molecule has 0 saturated heterocycles. The van der Waals surface area contributed by atoms with Crippen molar-refractivity contribution in [3.05, 3.63) is 157 Å². The molecule has 6 unspecified atom stereocenters. The van der Waals surface area contributed by atoms with Crippen LogP contribution in [0.25, 0.3) is 38.6 Å². The number of nitrogens with zero attached hydrogens (tertiary/aromatic N) is 2. The van der Waals surface area contributed by atoms with Gasteiger partial charge in [-0.3, -0.25) is 0 Å². The number of benzene rings is 6. The zero-order valence-corrected chi connectivity index (χ0v) is 27.6. The van der Waals surface area contributed by atoms with Crippen LogP contribution in [-0.2, 0) is 5.41 Å². The van der Waals surface area contributed by atoms with E-state index in [-0.39, 0.29) is 5.41 Å². The standard InChI is InChI=1S/C47H38N2/c1-3-12-33(13-4-1)48(35-22-23-42-39(27-35)37-17-8-10-20-41(37)49(42)34-14-5-2-6-15-34)43-21-11-18-38-36-16-7-9-19-40(36)47(45(38)43)32-25-30-24-31-26-44(47)46(31,28-30)29-32/h1-23,27,30-32,44H,24-26,28-29H2. The first-order valence-electron chi connectivity index (χ1n) is 18.4. The predicted molar refractivity (Wildman–Crippen MR) is 201 cm³/mol. The van der Waals surface area contributed by atoms with Crippen molar-refractivity contribution in [2.24, 2.45) is 29.1 Å². The van der Waals surface area contributed by atoms with Crippen molar-refractivity contribution in [2.75, 3.05) is 4.90 Å². The Morgan fingerprint density at radius 3 is 2.18 bits per heavy atom. The lowest BCUT2D eigenvalue weighted by molar-refractivity contribution is -0.0193. The van der Waals surface area contributed by atoms with Gasteiger partial charge in [0.15, 0.2) is 0 Å². The van der Waals surface area contributed by atoms with E-state index in [1.165, 1.54) is 87.8 Å². The molecule has 2 nitrogen and oxygen atoms in total. The molecule has 49 heavy (non-hydrogen) atoms. The summed E-state index contributed by atoms with van der Waals surface area (Å²) in [6, 6.07) is 54.8. The average Bonchev–Trinajstić information content (AvgIpc) is 3.76. The van der Waals surface area contributed by atoms with E-state index in [9.17, 15) is 0 Å². The molecular formula is C47H38N2. The maximum Gasteiger partial charge on any atom is 0.0542 e. The SMILES string of the molecule is c1ccc(N(c2ccc3c(c2)c2ccccc2n3-c2ccccc2)c2cccc3c2C2(c4ccccc4-3)C3CC4CC5CC2C5(C4)C3)cc1. The highest BCUT2D eigenvalue weighted by atomic mass is 15.1. The molecule has 1 aromatic heterocycles. The van der Waals surface area contributed by atoms with Crippen LogP contribution in [0.15, 0.2) is 146 Å². The summed E-state index contributed by atoms with van der Waals surface area (Å²) in [6.45, 7) is 0. The van der Waals surface area contributed by atoms with Crippen LogP contribution in [0.3, 0.4) is 0 Å². The van der Waals surface area contributed by atoms with Crippen LogP contribution in [0.2, 0.25) is 0 Å². The molecule has 0 aliphatic heterocycles. The van der Waals surface area contributed by atoms with Crippen LogP contribution in [0.5, 0.6) is 0 Å². The molecule has 4 fully saturated rings. The number of aromatic nitrogens is 1. The van der Waals surface area contributed by atoms with Gasteiger partial charge in [-0.25, -0.2) is 0 Å². The first-order valence-corrected chi connectivity index (χ1v) is 18.4. The third kappa shape index (κ3) is 3.20. The normalized spacial score (nSPS) is 28.2. The maximum atomic E-state index is 2.61. The van der Waals surface area contributed by atoms with E-state index >= 15 is 0 Å². The van der Waals surface area contributed by atoms with Gasteiger partial charge in [0.25, 0.3) is 0 Å². The number of fused-ring (bicyclic) bond motifs is 12. The minimum atomic E-state index is 0.0919. The third-order valence-electron chi connectivity index (χ3n) is 14.1. The fourth-order valence-corrected chi connectivity index (χ4v) is 12.7. The molecule has 7 aromatic rings. The molecule has 6 atom stereocenters. The number of anilines is 3. The lowest BCUT2D eigenvalue weighted by atomic mass is 9.49. The van der Waals surface area contributed by atoms with Crippen molar-refractivity contribution in [3.63, 3.8) is 0 Å². The molecule has 3 bridgehead atoms. The van der Waals surface area contributed by atoms with Crippen LogP contribution < -0.4 is 4.90 Å². The Labute approximate surface area is 287 Å². The Balaban J connectivity index is 1.13. The second-order valence-electron chi connectivity index (χ2n) is 15.8. The Hall–Kier alpha value is -5.08. The number of para-hydroxylation sites is 3. The molecule has 236 valence electrons. The minimum Gasteiger partial charge on any atom is -0.310 e. The fraction of sp³-hybridized carbons (Fsp3) is 0.234. The molecule has 12 rings (SSSR count). The van der Waals surface area contributed by atoms with Gasteiger partial charge in [-0.1, -0.05) is 91.0 Å². The molecule has 2 heteroatoms. The zero-order valence-electron chi connectivity index (χ0n) is 27.6. The molecule has 2 spiro atoms. The molecule has 6 aromatic carbocycles. The Morgan fingerprint density at radius 1 is 0.551 bits per heavy atom. The van der Waals surface area contributed by atoms with E-state index in [2.05, 4.69) is 155 Å². The number of rotatable bonds is 4. The zero-order chi connectivity index (χ0) is 31.9. The number of hydrogen-bond donors (Lipinski definition) is 0. The fourth-order valence-electron chi connectivity index (χ4n) is 12.7. The van der Waals surface area contributed by atoms with E-state index in [4.69, 9.17) is 0 Å². The maximum absolute atomic E-state index is 2.61. The minimum absolute atomic E-state index is 0.0919. The Kier molecular flexibility index (Phi) is 5.11. The summed E-state index contributed by atoms with van der Waals surface area (Å²) < 4.78 is 2.42. The third-order valence-corrected chi connectivity index (χ3v) is 14.1. The highest BCUT2D eigenvalue weighted by Gasteiger charge is 2.77. The topological polar surface area (TPSA) is 8.17 Å². The average molecular weight is 631 g/mol. The summed E-state index contributed by atoms with van der Waals surface area (Å²) in [5, 5.41) is 2.58. The van der Waals surface area contributed by atoms with Crippen LogP contribution in [0.4, 0.5) is 17.1 Å². The van der Waals surface area contributed by atoms with Crippen molar-refractivity contribution in [1.82, 2.24) is 4.57 Å². The molecule has 4 saturated carbocycles. The van der Waals surface area contributed by atoms with Gasteiger partial charge in [0, 0.05) is 33.2 Å². The van der Waals surface area contributed by atoms with Crippen molar-refractivity contribution in [2.45, 2.75) is 37.5 Å². The van der Waals surface area contributed by atoms with Gasteiger partial charge in [-0.05, 0) is 138 Å². The lowest BCUT2D eigenvalue weighted by Gasteiger charge is -2.55. The molecule has 0 N–H and O–H groups in total. The highest BCUT2D eigenvalue weighted by molar-refractivity contribution is 6.11. The summed E-state index contributed by atoms with van der Waals surface area (Å²) in [6.07, 6.45) is 7.20. The van der Waals surface area contributed by atoms with E-state index in [1.807, 2.05) is 0 Å². The van der Waals surface area contributed by atoms with Crippen LogP contribution >= 0.6 is 0 Å².